The first kappa shape index (κ1) is 34.1. The number of rotatable bonds is 6. The molecule has 1 saturated heterocycles. The predicted octanol–water partition coefficient (Wildman–Crippen LogP) is 8.52. The van der Waals surface area contributed by atoms with Crippen LogP contribution >= 0.6 is 11.3 Å². The Hall–Kier alpha value is -3.77. The first-order valence-corrected chi connectivity index (χ1v) is 17.1. The zero-order valence-electron chi connectivity index (χ0n) is 28.5. The van der Waals surface area contributed by atoms with Gasteiger partial charge in [-0.3, -0.25) is 4.98 Å². The van der Waals surface area contributed by atoms with Crippen molar-refractivity contribution in [2.24, 2.45) is 5.41 Å². The summed E-state index contributed by atoms with van der Waals surface area (Å²) in [6.45, 7) is 16.8. The molecule has 1 aromatic carbocycles. The van der Waals surface area contributed by atoms with Gasteiger partial charge in [0.2, 0.25) is 0 Å². The second kappa shape index (κ2) is 12.3. The van der Waals surface area contributed by atoms with Gasteiger partial charge in [-0.25, -0.2) is 9.78 Å². The number of aryl methyl sites for hydroxylation is 2. The van der Waals surface area contributed by atoms with Crippen molar-refractivity contribution in [3.05, 3.63) is 64.1 Å². The van der Waals surface area contributed by atoms with Gasteiger partial charge in [-0.05, 0) is 82.1 Å². The van der Waals surface area contributed by atoms with Crippen LogP contribution in [0.25, 0.3) is 21.5 Å². The molecule has 3 aromatic heterocycles. The molecular weight excluding hydrogens is 639 g/mol. The maximum absolute atomic E-state index is 13.3. The van der Waals surface area contributed by atoms with Gasteiger partial charge in [0.25, 0.3) is 0 Å². The minimum absolute atomic E-state index is 0.194. The van der Waals surface area contributed by atoms with Crippen LogP contribution < -0.4 is 9.80 Å². The number of aliphatic carboxylic acids is 1. The van der Waals surface area contributed by atoms with E-state index in [2.05, 4.69) is 51.8 Å². The number of hydrogen-bond donors (Lipinski definition) is 1. The highest BCUT2D eigenvalue weighted by molar-refractivity contribution is 7.22. The van der Waals surface area contributed by atoms with E-state index in [9.17, 15) is 23.1 Å². The lowest BCUT2D eigenvalue weighted by molar-refractivity contribution is -0.160. The molecule has 0 bridgehead atoms. The molecule has 6 rings (SSSR count). The monoisotopic (exact) mass is 681 g/mol. The predicted molar refractivity (Wildman–Crippen MR) is 183 cm³/mol. The molecule has 0 radical (unpaired) electrons. The van der Waals surface area contributed by atoms with Crippen molar-refractivity contribution in [2.75, 3.05) is 29.4 Å². The zero-order valence-corrected chi connectivity index (χ0v) is 29.3. The Bertz CT molecular complexity index is 1870. The lowest BCUT2D eigenvalue weighted by Crippen LogP contribution is -2.39. The Kier molecular flexibility index (Phi) is 8.73. The Morgan fingerprint density at radius 2 is 1.71 bits per heavy atom. The Labute approximate surface area is 283 Å². The molecule has 1 fully saturated rings. The molecule has 4 aromatic rings. The number of nitrogens with zero attached hydrogens (tertiary/aromatic N) is 5. The Balaban J connectivity index is 1.39. The number of carboxylic acids is 1. The van der Waals surface area contributed by atoms with Crippen LogP contribution in [0.2, 0.25) is 0 Å². The Morgan fingerprint density at radius 1 is 1.00 bits per heavy atom. The number of benzene rings is 1. The standard InChI is InChI=1S/C36H42F3N5O3S/c1-20-27(29(43-14-11-35(6,7)12-15-43)28(21(2)41-20)30(32(45)46)47-34(3,4)5)23-8-9-24-19-44(13-10-22(24)16-23)33-42-31-26(48-33)17-25(18-40-31)36(37,38)39/h8-9,16-18,30H,10-15,19H2,1-7H3,(H,45,46)/t30-/m0/s1. The van der Waals surface area contributed by atoms with Crippen LogP contribution in [0, 0.1) is 19.3 Å². The molecular formula is C36H42F3N5O3S. The van der Waals surface area contributed by atoms with E-state index >= 15 is 0 Å². The van der Waals surface area contributed by atoms with Crippen LogP contribution in [0.4, 0.5) is 24.0 Å². The summed E-state index contributed by atoms with van der Waals surface area (Å²) in [4.78, 5) is 30.7. The molecule has 48 heavy (non-hydrogen) atoms. The summed E-state index contributed by atoms with van der Waals surface area (Å²) in [6.07, 6.45) is -2.16. The van der Waals surface area contributed by atoms with E-state index in [0.29, 0.717) is 46.2 Å². The van der Waals surface area contributed by atoms with Gasteiger partial charge in [0.1, 0.15) is 0 Å². The first-order chi connectivity index (χ1) is 22.4. The summed E-state index contributed by atoms with van der Waals surface area (Å²) in [5.41, 5.74) is 6.14. The molecule has 0 unspecified atom stereocenters. The van der Waals surface area contributed by atoms with E-state index in [1.807, 2.05) is 34.6 Å². The number of hydrogen-bond acceptors (Lipinski definition) is 8. The fraction of sp³-hybridized carbons (Fsp3) is 0.500. The quantitative estimate of drug-likeness (QED) is 0.217. The van der Waals surface area contributed by atoms with Gasteiger partial charge in [0.05, 0.1) is 21.6 Å². The number of fused-ring (bicyclic) bond motifs is 2. The number of pyridine rings is 2. The van der Waals surface area contributed by atoms with Crippen LogP contribution in [-0.4, -0.2) is 51.3 Å². The van der Waals surface area contributed by atoms with E-state index in [4.69, 9.17) is 9.72 Å². The fourth-order valence-corrected chi connectivity index (χ4v) is 7.71. The molecule has 2 aliphatic rings. The maximum atomic E-state index is 13.3. The number of aromatic nitrogens is 3. The number of piperidine rings is 1. The summed E-state index contributed by atoms with van der Waals surface area (Å²) >= 11 is 1.22. The highest BCUT2D eigenvalue weighted by atomic mass is 32.1. The number of carboxylic acid groups (broad SMARTS) is 1. The normalized spacial score (nSPS) is 17.5. The molecule has 0 spiro atoms. The average Bonchev–Trinajstić information content (AvgIpc) is 3.42. The van der Waals surface area contributed by atoms with Gasteiger partial charge in [0, 0.05) is 54.9 Å². The second-order valence-corrected chi connectivity index (χ2v) is 15.7. The molecule has 0 amide bonds. The number of alkyl halides is 3. The number of carbonyl (C=O) groups is 1. The minimum Gasteiger partial charge on any atom is -0.479 e. The highest BCUT2D eigenvalue weighted by Gasteiger charge is 2.37. The lowest BCUT2D eigenvalue weighted by atomic mass is 9.81. The van der Waals surface area contributed by atoms with Crippen molar-refractivity contribution in [1.82, 2.24) is 15.0 Å². The molecule has 5 heterocycles. The summed E-state index contributed by atoms with van der Waals surface area (Å²) < 4.78 is 46.4. The van der Waals surface area contributed by atoms with Crippen molar-refractivity contribution in [1.29, 1.82) is 0 Å². The molecule has 1 N–H and O–H groups in total. The highest BCUT2D eigenvalue weighted by Crippen LogP contribution is 2.45. The van der Waals surface area contributed by atoms with E-state index in [-0.39, 0.29) is 5.41 Å². The minimum atomic E-state index is -4.46. The van der Waals surface area contributed by atoms with Gasteiger partial charge in [-0.1, -0.05) is 43.4 Å². The number of anilines is 2. The molecule has 256 valence electrons. The molecule has 0 saturated carbocycles. The SMILES string of the molecule is Cc1nc(C)c([C@H](OC(C)(C)C)C(=O)O)c(N2CCC(C)(C)CC2)c1-c1ccc2c(c1)CCN(c1nc3ncc(C(F)(F)F)cc3s1)C2. The van der Waals surface area contributed by atoms with E-state index in [0.717, 1.165) is 71.8 Å². The van der Waals surface area contributed by atoms with Crippen molar-refractivity contribution in [3.63, 3.8) is 0 Å². The van der Waals surface area contributed by atoms with Crippen molar-refractivity contribution < 1.29 is 27.8 Å². The maximum Gasteiger partial charge on any atom is 0.417 e. The van der Waals surface area contributed by atoms with Gasteiger partial charge >= 0.3 is 12.1 Å². The summed E-state index contributed by atoms with van der Waals surface area (Å²) in [5, 5.41) is 11.1. The summed E-state index contributed by atoms with van der Waals surface area (Å²) in [6, 6.07) is 7.45. The zero-order chi connectivity index (χ0) is 34.8. The molecule has 1 atom stereocenters. The van der Waals surface area contributed by atoms with Crippen molar-refractivity contribution in [2.45, 2.75) is 92.2 Å². The average molecular weight is 682 g/mol. The van der Waals surface area contributed by atoms with Crippen molar-refractivity contribution >= 4 is 38.5 Å². The van der Waals surface area contributed by atoms with Gasteiger partial charge in [0.15, 0.2) is 16.9 Å². The third-order valence-corrected chi connectivity index (χ3v) is 10.4. The molecule has 12 heteroatoms. The van der Waals surface area contributed by atoms with E-state index < -0.39 is 29.4 Å². The van der Waals surface area contributed by atoms with E-state index in [1.165, 1.54) is 11.3 Å². The van der Waals surface area contributed by atoms with Crippen LogP contribution in [0.5, 0.6) is 0 Å². The largest absolute Gasteiger partial charge is 0.479 e. The number of ether oxygens (including phenoxy) is 1. The van der Waals surface area contributed by atoms with Crippen LogP contribution in [0.15, 0.2) is 30.5 Å². The smallest absolute Gasteiger partial charge is 0.417 e. The first-order valence-electron chi connectivity index (χ1n) is 16.3. The molecule has 0 aliphatic carbocycles. The van der Waals surface area contributed by atoms with Gasteiger partial charge in [-0.15, -0.1) is 0 Å². The number of thiazole rings is 1. The van der Waals surface area contributed by atoms with Crippen LogP contribution in [0.3, 0.4) is 0 Å². The molecule has 2 aliphatic heterocycles. The van der Waals surface area contributed by atoms with Crippen molar-refractivity contribution in [3.8, 4) is 11.1 Å². The summed E-state index contributed by atoms with van der Waals surface area (Å²) in [7, 11) is 0. The summed E-state index contributed by atoms with van der Waals surface area (Å²) in [5.74, 6) is -1.05. The van der Waals surface area contributed by atoms with Crippen LogP contribution in [0.1, 0.15) is 87.2 Å². The second-order valence-electron chi connectivity index (χ2n) is 14.7. The number of halogens is 3. The fourth-order valence-electron chi connectivity index (χ4n) is 6.73. The topological polar surface area (TPSA) is 91.7 Å². The van der Waals surface area contributed by atoms with Crippen LogP contribution in [-0.2, 0) is 28.7 Å². The van der Waals surface area contributed by atoms with E-state index in [1.54, 1.807) is 0 Å². The third kappa shape index (κ3) is 6.87. The van der Waals surface area contributed by atoms with Gasteiger partial charge < -0.3 is 19.6 Å². The molecule has 8 nitrogen and oxygen atoms in total. The lowest BCUT2D eigenvalue weighted by Gasteiger charge is -2.41. The third-order valence-electron chi connectivity index (χ3n) is 9.31. The Morgan fingerprint density at radius 3 is 2.35 bits per heavy atom. The van der Waals surface area contributed by atoms with Gasteiger partial charge in [-0.2, -0.15) is 18.2 Å².